The number of aromatic nitrogens is 1. The number of anilines is 1. The molecule has 31 heavy (non-hydrogen) atoms. The molecule has 1 aliphatic heterocycles. The van der Waals surface area contributed by atoms with Crippen molar-refractivity contribution in [2.45, 2.75) is 24.2 Å². The number of benzene rings is 2. The average Bonchev–Trinajstić information content (AvgIpc) is 3.17. The van der Waals surface area contributed by atoms with Crippen molar-refractivity contribution in [2.24, 2.45) is 11.1 Å². The van der Waals surface area contributed by atoms with Gasteiger partial charge < -0.3 is 10.2 Å². The fourth-order valence-corrected chi connectivity index (χ4v) is 5.50. The topological polar surface area (TPSA) is 105 Å². The van der Waals surface area contributed by atoms with Crippen molar-refractivity contribution >= 4 is 54.2 Å². The van der Waals surface area contributed by atoms with Gasteiger partial charge in [0.05, 0.1) is 21.0 Å². The van der Waals surface area contributed by atoms with Crippen molar-refractivity contribution in [1.82, 2.24) is 10.3 Å². The molecule has 1 saturated heterocycles. The third kappa shape index (κ3) is 5.35. The molecule has 2 aromatic carbocycles. The number of hydrogen-bond donors (Lipinski definition) is 2. The summed E-state index contributed by atoms with van der Waals surface area (Å²) in [6.45, 7) is 2.01. The first-order valence-corrected chi connectivity index (χ1v) is 12.7. The van der Waals surface area contributed by atoms with Crippen LogP contribution < -0.4 is 15.4 Å². The molecule has 4 rings (SSSR count). The third-order valence-corrected chi connectivity index (χ3v) is 7.61. The van der Waals surface area contributed by atoms with Crippen LogP contribution >= 0.6 is 22.9 Å². The third-order valence-electron chi connectivity index (χ3n) is 5.37. The number of nitrogens with two attached hydrogens (primary N) is 1. The van der Waals surface area contributed by atoms with E-state index in [0.717, 1.165) is 40.3 Å². The number of carbonyl (C=O) groups excluding carboxylic acids is 1. The number of sulfonamides is 1. The molecule has 0 bridgehead atoms. The van der Waals surface area contributed by atoms with Crippen molar-refractivity contribution in [3.05, 3.63) is 53.1 Å². The van der Waals surface area contributed by atoms with E-state index in [2.05, 4.69) is 10.2 Å². The lowest BCUT2D eigenvalue weighted by Crippen LogP contribution is -2.43. The van der Waals surface area contributed by atoms with Gasteiger partial charge >= 0.3 is 0 Å². The van der Waals surface area contributed by atoms with Gasteiger partial charge in [-0.2, -0.15) is 0 Å². The average molecular weight is 479 g/mol. The van der Waals surface area contributed by atoms with E-state index in [1.807, 2.05) is 18.2 Å². The second kappa shape index (κ2) is 9.12. The van der Waals surface area contributed by atoms with E-state index >= 15 is 0 Å². The Morgan fingerprint density at radius 1 is 1.26 bits per heavy atom. The Morgan fingerprint density at radius 2 is 2.03 bits per heavy atom. The van der Waals surface area contributed by atoms with Gasteiger partial charge in [0.15, 0.2) is 5.13 Å². The van der Waals surface area contributed by atoms with Crippen LogP contribution in [0.4, 0.5) is 5.13 Å². The number of amides is 1. The molecule has 0 radical (unpaired) electrons. The Hall–Kier alpha value is -2.20. The van der Waals surface area contributed by atoms with Gasteiger partial charge in [-0.15, -0.1) is 0 Å². The molecule has 0 saturated carbocycles. The second-order valence-corrected chi connectivity index (χ2v) is 10.6. The lowest BCUT2D eigenvalue weighted by Gasteiger charge is -2.31. The highest BCUT2D eigenvalue weighted by atomic mass is 35.5. The molecule has 1 fully saturated rings. The van der Waals surface area contributed by atoms with Gasteiger partial charge in [-0.05, 0) is 55.2 Å². The molecule has 3 aromatic rings. The van der Waals surface area contributed by atoms with Crippen LogP contribution in [-0.2, 0) is 21.2 Å². The van der Waals surface area contributed by atoms with Crippen molar-refractivity contribution in [1.29, 1.82) is 0 Å². The molecule has 0 spiro atoms. The van der Waals surface area contributed by atoms with Gasteiger partial charge in [0.25, 0.3) is 0 Å². The zero-order valence-electron chi connectivity index (χ0n) is 16.8. The predicted molar refractivity (Wildman–Crippen MR) is 124 cm³/mol. The monoisotopic (exact) mass is 478 g/mol. The molecule has 10 heteroatoms. The SMILES string of the molecule is NS(=O)(=O)c1ccc(CCNC(=O)C2CCCN(c3nc4ccc(Cl)cc4s3)C2)cc1. The number of nitrogens with zero attached hydrogens (tertiary/aromatic N) is 2. The van der Waals surface area contributed by atoms with E-state index in [9.17, 15) is 13.2 Å². The quantitative estimate of drug-likeness (QED) is 0.566. The van der Waals surface area contributed by atoms with Crippen LogP contribution in [-0.4, -0.2) is 38.9 Å². The molecule has 1 aromatic heterocycles. The van der Waals surface area contributed by atoms with Crippen LogP contribution in [0.1, 0.15) is 18.4 Å². The number of rotatable bonds is 6. The fourth-order valence-electron chi connectivity index (χ4n) is 3.71. The fraction of sp³-hybridized carbons (Fsp3) is 0.333. The van der Waals surface area contributed by atoms with Gasteiger partial charge in [0, 0.05) is 24.7 Å². The van der Waals surface area contributed by atoms with Gasteiger partial charge in [0.2, 0.25) is 15.9 Å². The van der Waals surface area contributed by atoms with Crippen molar-refractivity contribution < 1.29 is 13.2 Å². The number of fused-ring (bicyclic) bond motifs is 1. The predicted octanol–water partition coefficient (Wildman–Crippen LogP) is 3.17. The number of carbonyl (C=O) groups is 1. The van der Waals surface area contributed by atoms with Crippen LogP contribution in [0.3, 0.4) is 0 Å². The Labute approximate surface area is 190 Å². The van der Waals surface area contributed by atoms with Crippen LogP contribution in [0.15, 0.2) is 47.4 Å². The molecular weight excluding hydrogens is 456 g/mol. The summed E-state index contributed by atoms with van der Waals surface area (Å²) in [5.41, 5.74) is 1.86. The van der Waals surface area contributed by atoms with Gasteiger partial charge in [0.1, 0.15) is 0 Å². The minimum atomic E-state index is -3.69. The Bertz CT molecular complexity index is 1200. The molecule has 1 amide bonds. The van der Waals surface area contributed by atoms with Gasteiger partial charge in [-0.1, -0.05) is 35.1 Å². The smallest absolute Gasteiger partial charge is 0.238 e. The Morgan fingerprint density at radius 3 is 2.77 bits per heavy atom. The van der Waals surface area contributed by atoms with E-state index in [-0.39, 0.29) is 16.7 Å². The number of primary sulfonamides is 1. The summed E-state index contributed by atoms with van der Waals surface area (Å²) in [5.74, 6) is -0.0517. The zero-order chi connectivity index (χ0) is 22.0. The van der Waals surface area contributed by atoms with E-state index in [1.165, 1.54) is 12.1 Å². The van der Waals surface area contributed by atoms with Crippen molar-refractivity contribution in [3.8, 4) is 0 Å². The van der Waals surface area contributed by atoms with Crippen LogP contribution in [0.2, 0.25) is 5.02 Å². The summed E-state index contributed by atoms with van der Waals surface area (Å²) in [7, 11) is -3.69. The zero-order valence-corrected chi connectivity index (χ0v) is 19.1. The highest BCUT2D eigenvalue weighted by molar-refractivity contribution is 7.89. The molecule has 1 unspecified atom stereocenters. The van der Waals surface area contributed by atoms with Crippen LogP contribution in [0, 0.1) is 5.92 Å². The second-order valence-electron chi connectivity index (χ2n) is 7.62. The highest BCUT2D eigenvalue weighted by Crippen LogP contribution is 2.33. The minimum Gasteiger partial charge on any atom is -0.355 e. The lowest BCUT2D eigenvalue weighted by atomic mass is 9.97. The molecule has 2 heterocycles. The summed E-state index contributed by atoms with van der Waals surface area (Å²) in [6.07, 6.45) is 2.40. The molecule has 164 valence electrons. The summed E-state index contributed by atoms with van der Waals surface area (Å²) >= 11 is 7.68. The van der Waals surface area contributed by atoms with E-state index in [4.69, 9.17) is 21.7 Å². The maximum absolute atomic E-state index is 12.7. The number of nitrogens with one attached hydrogen (secondary N) is 1. The number of halogens is 1. The first kappa shape index (κ1) is 22.0. The number of piperidine rings is 1. The molecule has 7 nitrogen and oxygen atoms in total. The van der Waals surface area contributed by atoms with Gasteiger partial charge in [-0.25, -0.2) is 18.5 Å². The van der Waals surface area contributed by atoms with Crippen LogP contribution in [0.25, 0.3) is 10.2 Å². The van der Waals surface area contributed by atoms with Crippen LogP contribution in [0.5, 0.6) is 0 Å². The number of thiazole rings is 1. The first-order valence-electron chi connectivity index (χ1n) is 10.00. The van der Waals surface area contributed by atoms with Crippen molar-refractivity contribution in [3.63, 3.8) is 0 Å². The molecule has 3 N–H and O–H groups in total. The largest absolute Gasteiger partial charge is 0.355 e. The molecular formula is C21H23ClN4O3S2. The molecule has 1 aliphatic rings. The summed E-state index contributed by atoms with van der Waals surface area (Å²) in [5, 5.41) is 9.73. The summed E-state index contributed by atoms with van der Waals surface area (Å²) in [4.78, 5) is 19.7. The molecule has 0 aliphatic carbocycles. The van der Waals surface area contributed by atoms with Gasteiger partial charge in [-0.3, -0.25) is 4.79 Å². The minimum absolute atomic E-state index is 0.0370. The normalized spacial score (nSPS) is 17.1. The molecule has 1 atom stereocenters. The summed E-state index contributed by atoms with van der Waals surface area (Å²) < 4.78 is 23.7. The summed E-state index contributed by atoms with van der Waals surface area (Å²) in [6, 6.07) is 12.1. The van der Waals surface area contributed by atoms with E-state index < -0.39 is 10.0 Å². The first-order chi connectivity index (χ1) is 14.8. The number of hydrogen-bond acceptors (Lipinski definition) is 6. The Kier molecular flexibility index (Phi) is 6.47. The van der Waals surface area contributed by atoms with Crippen molar-refractivity contribution in [2.75, 3.05) is 24.5 Å². The van der Waals surface area contributed by atoms with E-state index in [1.54, 1.807) is 23.5 Å². The maximum Gasteiger partial charge on any atom is 0.238 e. The van der Waals surface area contributed by atoms with E-state index in [0.29, 0.717) is 24.5 Å². The maximum atomic E-state index is 12.7. The standard InChI is InChI=1S/C21H23ClN4O3S2/c22-16-5-8-18-19(12-16)30-21(25-18)26-11-1-2-15(13-26)20(27)24-10-9-14-3-6-17(7-4-14)31(23,28)29/h3-8,12,15H,1-2,9-11,13H2,(H,24,27)(H2,23,28,29). The lowest BCUT2D eigenvalue weighted by molar-refractivity contribution is -0.125. The Balaban J connectivity index is 1.32. The highest BCUT2D eigenvalue weighted by Gasteiger charge is 2.27.